The Balaban J connectivity index is 1.46. The van der Waals surface area contributed by atoms with Crippen LogP contribution in [0.15, 0.2) is 72.8 Å². The summed E-state index contributed by atoms with van der Waals surface area (Å²) < 4.78 is 6.06. The molecule has 0 saturated carbocycles. The van der Waals surface area contributed by atoms with Crippen molar-refractivity contribution in [2.75, 3.05) is 18.5 Å². The van der Waals surface area contributed by atoms with E-state index in [2.05, 4.69) is 10.3 Å². The molecule has 37 heavy (non-hydrogen) atoms. The smallest absolute Gasteiger partial charge is 0.246 e. The zero-order valence-corrected chi connectivity index (χ0v) is 21.9. The van der Waals surface area contributed by atoms with Gasteiger partial charge in [-0.2, -0.15) is 0 Å². The van der Waals surface area contributed by atoms with Crippen molar-refractivity contribution in [1.29, 1.82) is 0 Å². The van der Waals surface area contributed by atoms with Gasteiger partial charge in [-0.15, -0.1) is 0 Å². The van der Waals surface area contributed by atoms with Gasteiger partial charge < -0.3 is 20.7 Å². The Morgan fingerprint density at radius 3 is 2.54 bits per heavy atom. The molecule has 1 aromatic heterocycles. The van der Waals surface area contributed by atoms with Crippen LogP contribution in [0.4, 0.5) is 5.69 Å². The third-order valence-corrected chi connectivity index (χ3v) is 6.73. The number of ether oxygens (including phenoxy) is 1. The van der Waals surface area contributed by atoms with E-state index in [0.717, 1.165) is 16.6 Å². The third kappa shape index (κ3) is 6.02. The predicted octanol–water partition coefficient (Wildman–Crippen LogP) is 5.21. The number of halogens is 2. The van der Waals surface area contributed by atoms with Crippen LogP contribution < -0.4 is 20.7 Å². The molecule has 190 valence electrons. The maximum atomic E-state index is 12.9. The monoisotopic (exact) mass is 536 g/mol. The van der Waals surface area contributed by atoms with E-state index in [4.69, 9.17) is 33.7 Å². The number of benzene rings is 3. The van der Waals surface area contributed by atoms with E-state index in [9.17, 15) is 9.59 Å². The highest BCUT2D eigenvalue weighted by Gasteiger charge is 2.21. The number of nitrogens with one attached hydrogen (secondary N) is 1. The summed E-state index contributed by atoms with van der Waals surface area (Å²) in [5.41, 5.74) is 9.23. The summed E-state index contributed by atoms with van der Waals surface area (Å²) in [6.45, 7) is 1.74. The van der Waals surface area contributed by atoms with Gasteiger partial charge in [-0.25, -0.2) is 4.98 Å². The summed E-state index contributed by atoms with van der Waals surface area (Å²) in [5, 5.41) is 4.22. The second-order valence-electron chi connectivity index (χ2n) is 8.49. The van der Waals surface area contributed by atoms with Crippen LogP contribution in [0.2, 0.25) is 10.0 Å². The molecular weight excluding hydrogens is 511 g/mol. The lowest BCUT2D eigenvalue weighted by atomic mass is 10.1. The van der Waals surface area contributed by atoms with Crippen molar-refractivity contribution in [2.45, 2.75) is 19.6 Å². The average Bonchev–Trinajstić information content (AvgIpc) is 2.91. The molecule has 1 unspecified atom stereocenters. The fraction of sp³-hybridized carbons (Fsp3) is 0.179. The number of amides is 2. The summed E-state index contributed by atoms with van der Waals surface area (Å²) in [6.07, 6.45) is 0. The van der Waals surface area contributed by atoms with Crippen molar-refractivity contribution in [2.24, 2.45) is 5.73 Å². The van der Waals surface area contributed by atoms with E-state index in [-0.39, 0.29) is 24.1 Å². The van der Waals surface area contributed by atoms with Crippen LogP contribution in [0.1, 0.15) is 22.9 Å². The van der Waals surface area contributed by atoms with E-state index in [1.165, 1.54) is 4.90 Å². The second kappa shape index (κ2) is 11.6. The maximum Gasteiger partial charge on any atom is 0.246 e. The minimum atomic E-state index is -0.880. The van der Waals surface area contributed by atoms with E-state index in [1.807, 2.05) is 43.3 Å². The van der Waals surface area contributed by atoms with Crippen LogP contribution in [0.5, 0.6) is 5.75 Å². The van der Waals surface area contributed by atoms with Crippen molar-refractivity contribution < 1.29 is 14.3 Å². The van der Waals surface area contributed by atoms with Gasteiger partial charge in [0.25, 0.3) is 0 Å². The molecule has 4 rings (SSSR count). The molecule has 0 radical (unpaired) electrons. The first-order valence-corrected chi connectivity index (χ1v) is 12.3. The zero-order valence-electron chi connectivity index (χ0n) is 20.4. The van der Waals surface area contributed by atoms with Gasteiger partial charge in [0.1, 0.15) is 23.9 Å². The van der Waals surface area contributed by atoms with Crippen LogP contribution in [-0.4, -0.2) is 30.4 Å². The first-order chi connectivity index (χ1) is 17.8. The van der Waals surface area contributed by atoms with Crippen LogP contribution in [0.3, 0.4) is 0 Å². The molecule has 0 aliphatic rings. The lowest BCUT2D eigenvalue weighted by Crippen LogP contribution is -2.41. The molecule has 0 aliphatic carbocycles. The van der Waals surface area contributed by atoms with Gasteiger partial charge in [0.2, 0.25) is 11.8 Å². The quantitative estimate of drug-likeness (QED) is 0.322. The number of anilines is 1. The lowest BCUT2D eigenvalue weighted by Gasteiger charge is -2.22. The number of carbonyl (C=O) groups is 2. The molecular formula is C28H26Cl2N4O3. The van der Waals surface area contributed by atoms with Crippen LogP contribution in [-0.2, 0) is 16.2 Å². The van der Waals surface area contributed by atoms with Gasteiger partial charge in [0.05, 0.1) is 17.3 Å². The number of likely N-dealkylation sites (N-methyl/N-ethyl adjacent to an activating group) is 1. The number of fused-ring (bicyclic) bond motifs is 1. The maximum absolute atomic E-state index is 12.9. The van der Waals surface area contributed by atoms with Crippen LogP contribution in [0.25, 0.3) is 10.9 Å². The van der Waals surface area contributed by atoms with Crippen molar-refractivity contribution >= 4 is 51.6 Å². The number of hydrogen-bond donors (Lipinski definition) is 2. The van der Waals surface area contributed by atoms with Gasteiger partial charge in [-0.3, -0.25) is 9.59 Å². The van der Waals surface area contributed by atoms with Crippen molar-refractivity contribution in [3.63, 3.8) is 0 Å². The number of para-hydroxylation sites is 1. The van der Waals surface area contributed by atoms with E-state index >= 15 is 0 Å². The molecule has 0 bridgehead atoms. The van der Waals surface area contributed by atoms with E-state index in [1.54, 1.807) is 43.4 Å². The van der Waals surface area contributed by atoms with Crippen molar-refractivity contribution in [3.05, 3.63) is 99.7 Å². The molecule has 0 aliphatic heterocycles. The minimum absolute atomic E-state index is 0.0743. The number of carbonyl (C=O) groups excluding carboxylic acids is 2. The average molecular weight is 537 g/mol. The number of aromatic nitrogens is 1. The Bertz CT molecular complexity index is 1450. The number of nitrogens with two attached hydrogens (primary N) is 1. The Morgan fingerprint density at radius 1 is 1.03 bits per heavy atom. The molecule has 0 spiro atoms. The summed E-state index contributed by atoms with van der Waals surface area (Å²) in [4.78, 5) is 31.2. The SMILES string of the molecule is Cc1ccc2cccc(OCc3c(Cl)ccc(N(C)C(=O)CNC(=O)C(N)c4ccccc4)c3Cl)c2n1. The Kier molecular flexibility index (Phi) is 8.28. The first kappa shape index (κ1) is 26.4. The van der Waals surface area contributed by atoms with Crippen molar-refractivity contribution in [3.8, 4) is 5.75 Å². The highest BCUT2D eigenvalue weighted by Crippen LogP contribution is 2.35. The normalized spacial score (nSPS) is 11.7. The second-order valence-corrected chi connectivity index (χ2v) is 9.27. The largest absolute Gasteiger partial charge is 0.487 e. The zero-order chi connectivity index (χ0) is 26.5. The highest BCUT2D eigenvalue weighted by molar-refractivity contribution is 6.38. The molecule has 3 aromatic carbocycles. The molecule has 0 fully saturated rings. The van der Waals surface area contributed by atoms with Gasteiger partial charge in [-0.1, -0.05) is 71.7 Å². The Labute approximate surface area is 225 Å². The molecule has 0 saturated heterocycles. The summed E-state index contributed by atoms with van der Waals surface area (Å²) in [5.74, 6) is -0.234. The number of rotatable bonds is 8. The molecule has 1 atom stereocenters. The van der Waals surface area contributed by atoms with Gasteiger partial charge in [0.15, 0.2) is 0 Å². The summed E-state index contributed by atoms with van der Waals surface area (Å²) in [6, 6.07) is 21.0. The molecule has 4 aromatic rings. The van der Waals surface area contributed by atoms with Crippen molar-refractivity contribution in [1.82, 2.24) is 10.3 Å². The number of pyridine rings is 1. The third-order valence-electron chi connectivity index (χ3n) is 5.95. The van der Waals surface area contributed by atoms with E-state index in [0.29, 0.717) is 27.6 Å². The number of hydrogen-bond acceptors (Lipinski definition) is 5. The summed E-state index contributed by atoms with van der Waals surface area (Å²) in [7, 11) is 1.57. The molecule has 3 N–H and O–H groups in total. The Morgan fingerprint density at radius 2 is 1.78 bits per heavy atom. The van der Waals surface area contributed by atoms with Gasteiger partial charge in [0, 0.05) is 28.7 Å². The van der Waals surface area contributed by atoms with Crippen LogP contribution >= 0.6 is 23.2 Å². The predicted molar refractivity (Wildman–Crippen MR) is 147 cm³/mol. The van der Waals surface area contributed by atoms with Crippen LogP contribution in [0, 0.1) is 6.92 Å². The number of aryl methyl sites for hydroxylation is 1. The minimum Gasteiger partial charge on any atom is -0.487 e. The van der Waals surface area contributed by atoms with Gasteiger partial charge >= 0.3 is 0 Å². The topological polar surface area (TPSA) is 97.5 Å². The fourth-order valence-corrected chi connectivity index (χ4v) is 4.40. The first-order valence-electron chi connectivity index (χ1n) is 11.6. The number of nitrogens with zero attached hydrogens (tertiary/aromatic N) is 2. The fourth-order valence-electron chi connectivity index (χ4n) is 3.80. The molecule has 1 heterocycles. The molecule has 9 heteroatoms. The van der Waals surface area contributed by atoms with E-state index < -0.39 is 11.9 Å². The molecule has 7 nitrogen and oxygen atoms in total. The summed E-state index contributed by atoms with van der Waals surface area (Å²) >= 11 is 13.1. The van der Waals surface area contributed by atoms with Gasteiger partial charge in [-0.05, 0) is 36.8 Å². The Hall–Kier alpha value is -3.65. The standard InChI is InChI=1S/C28H26Cl2N4O3/c1-17-11-12-19-9-6-10-23(27(19)33-17)37-16-20-21(29)13-14-22(25(20)30)34(2)24(35)15-32-28(36)26(31)18-7-4-3-5-8-18/h3-14,26H,15-16,31H2,1-2H3,(H,32,36). The highest BCUT2D eigenvalue weighted by atomic mass is 35.5. The lowest BCUT2D eigenvalue weighted by molar-refractivity contribution is -0.125. The molecule has 2 amide bonds.